The molecule has 0 fully saturated rings. The Morgan fingerprint density at radius 3 is 2.60 bits per heavy atom. The quantitative estimate of drug-likeness (QED) is 0.751. The van der Waals surface area contributed by atoms with E-state index in [2.05, 4.69) is 10.4 Å². The molecule has 0 aliphatic carbocycles. The number of benzene rings is 2. The molecule has 0 aliphatic heterocycles. The third-order valence-electron chi connectivity index (χ3n) is 3.63. The van der Waals surface area contributed by atoms with Crippen LogP contribution in [-0.4, -0.2) is 21.8 Å². The van der Waals surface area contributed by atoms with Crippen molar-refractivity contribution in [2.24, 2.45) is 0 Å². The lowest BCUT2D eigenvalue weighted by Gasteiger charge is -2.13. The SMILES string of the molecule is CC(Oc1ccn(-c2ccccc2)n1)C(=O)NCc1ccc(F)cc1. The summed E-state index contributed by atoms with van der Waals surface area (Å²) in [5, 5.41) is 7.06. The molecule has 3 aromatic rings. The lowest BCUT2D eigenvalue weighted by atomic mass is 10.2. The number of ether oxygens (including phenoxy) is 1. The molecular formula is C19H18FN3O2. The van der Waals surface area contributed by atoms with Gasteiger partial charge in [-0.1, -0.05) is 30.3 Å². The Hall–Kier alpha value is -3.15. The summed E-state index contributed by atoms with van der Waals surface area (Å²) in [5.74, 6) is -0.201. The summed E-state index contributed by atoms with van der Waals surface area (Å²) >= 11 is 0. The number of para-hydroxylation sites is 1. The van der Waals surface area contributed by atoms with Gasteiger partial charge in [0.05, 0.1) is 5.69 Å². The fourth-order valence-corrected chi connectivity index (χ4v) is 2.26. The van der Waals surface area contributed by atoms with Crippen molar-refractivity contribution in [1.82, 2.24) is 15.1 Å². The van der Waals surface area contributed by atoms with Crippen molar-refractivity contribution in [3.8, 4) is 11.6 Å². The summed E-state index contributed by atoms with van der Waals surface area (Å²) in [6.45, 7) is 1.97. The van der Waals surface area contributed by atoms with Crippen LogP contribution in [0, 0.1) is 5.82 Å². The zero-order valence-electron chi connectivity index (χ0n) is 13.7. The van der Waals surface area contributed by atoms with Crippen LogP contribution < -0.4 is 10.1 Å². The number of carbonyl (C=O) groups is 1. The predicted octanol–water partition coefficient (Wildman–Crippen LogP) is 3.10. The van der Waals surface area contributed by atoms with E-state index in [9.17, 15) is 9.18 Å². The van der Waals surface area contributed by atoms with E-state index in [1.807, 2.05) is 30.3 Å². The Morgan fingerprint density at radius 1 is 1.16 bits per heavy atom. The first-order valence-corrected chi connectivity index (χ1v) is 7.92. The number of hydrogen-bond acceptors (Lipinski definition) is 3. The molecule has 6 heteroatoms. The van der Waals surface area contributed by atoms with Crippen molar-refractivity contribution in [3.05, 3.63) is 78.2 Å². The minimum atomic E-state index is -0.695. The van der Waals surface area contributed by atoms with E-state index >= 15 is 0 Å². The van der Waals surface area contributed by atoms with Crippen molar-refractivity contribution < 1.29 is 13.9 Å². The average molecular weight is 339 g/mol. The fourth-order valence-electron chi connectivity index (χ4n) is 2.26. The van der Waals surface area contributed by atoms with Gasteiger partial charge in [0.15, 0.2) is 6.10 Å². The lowest BCUT2D eigenvalue weighted by molar-refractivity contribution is -0.127. The second kappa shape index (κ2) is 7.61. The third kappa shape index (κ3) is 4.44. The van der Waals surface area contributed by atoms with Gasteiger partial charge < -0.3 is 10.1 Å². The van der Waals surface area contributed by atoms with E-state index in [4.69, 9.17) is 4.74 Å². The molecule has 1 heterocycles. The van der Waals surface area contributed by atoms with Crippen molar-refractivity contribution in [3.63, 3.8) is 0 Å². The fraction of sp³-hybridized carbons (Fsp3) is 0.158. The van der Waals surface area contributed by atoms with Gasteiger partial charge in [0, 0.05) is 18.8 Å². The maximum Gasteiger partial charge on any atom is 0.261 e. The molecular weight excluding hydrogens is 321 g/mol. The molecule has 1 atom stereocenters. The first-order valence-electron chi connectivity index (χ1n) is 7.92. The first kappa shape index (κ1) is 16.7. The minimum Gasteiger partial charge on any atom is -0.463 e. The molecule has 0 saturated heterocycles. The highest BCUT2D eigenvalue weighted by Gasteiger charge is 2.15. The number of rotatable bonds is 6. The molecule has 0 bridgehead atoms. The molecule has 2 aromatic carbocycles. The highest BCUT2D eigenvalue weighted by Crippen LogP contribution is 2.13. The molecule has 3 rings (SSSR count). The molecule has 1 unspecified atom stereocenters. The van der Waals surface area contributed by atoms with Gasteiger partial charge in [0.25, 0.3) is 5.91 Å². The topological polar surface area (TPSA) is 56.2 Å². The number of carbonyl (C=O) groups excluding carboxylic acids is 1. The molecule has 1 aromatic heterocycles. The summed E-state index contributed by atoms with van der Waals surface area (Å²) < 4.78 is 20.1. The van der Waals surface area contributed by atoms with Crippen molar-refractivity contribution in [1.29, 1.82) is 0 Å². The highest BCUT2D eigenvalue weighted by atomic mass is 19.1. The maximum atomic E-state index is 12.9. The smallest absolute Gasteiger partial charge is 0.261 e. The monoisotopic (exact) mass is 339 g/mol. The van der Waals surface area contributed by atoms with Crippen LogP contribution in [0.3, 0.4) is 0 Å². The Bertz CT molecular complexity index is 831. The summed E-state index contributed by atoms with van der Waals surface area (Å²) in [7, 11) is 0. The molecule has 1 N–H and O–H groups in total. The van der Waals surface area contributed by atoms with Gasteiger partial charge in [-0.25, -0.2) is 9.07 Å². The number of halogens is 1. The van der Waals surface area contributed by atoms with Crippen LogP contribution in [0.2, 0.25) is 0 Å². The van der Waals surface area contributed by atoms with E-state index in [0.717, 1.165) is 11.3 Å². The van der Waals surface area contributed by atoms with E-state index in [0.29, 0.717) is 12.4 Å². The van der Waals surface area contributed by atoms with Crippen LogP contribution in [-0.2, 0) is 11.3 Å². The average Bonchev–Trinajstić information content (AvgIpc) is 3.10. The van der Waals surface area contributed by atoms with Gasteiger partial charge >= 0.3 is 0 Å². The molecule has 0 aliphatic rings. The van der Waals surface area contributed by atoms with Crippen LogP contribution in [0.1, 0.15) is 12.5 Å². The predicted molar refractivity (Wildman–Crippen MR) is 91.9 cm³/mol. The van der Waals surface area contributed by atoms with Crippen LogP contribution in [0.15, 0.2) is 66.9 Å². The Kier molecular flexibility index (Phi) is 5.09. The normalized spacial score (nSPS) is 11.8. The highest BCUT2D eigenvalue weighted by molar-refractivity contribution is 5.80. The number of nitrogens with one attached hydrogen (secondary N) is 1. The number of aromatic nitrogens is 2. The molecule has 0 spiro atoms. The molecule has 0 radical (unpaired) electrons. The van der Waals surface area contributed by atoms with Gasteiger partial charge in [-0.2, -0.15) is 0 Å². The number of amides is 1. The number of nitrogens with zero attached hydrogens (tertiary/aromatic N) is 2. The number of hydrogen-bond donors (Lipinski definition) is 1. The largest absolute Gasteiger partial charge is 0.463 e. The van der Waals surface area contributed by atoms with Crippen LogP contribution in [0.25, 0.3) is 5.69 Å². The second-order valence-corrected chi connectivity index (χ2v) is 5.54. The maximum absolute atomic E-state index is 12.9. The van der Waals surface area contributed by atoms with Crippen molar-refractivity contribution in [2.75, 3.05) is 0 Å². The molecule has 5 nitrogen and oxygen atoms in total. The van der Waals surface area contributed by atoms with Gasteiger partial charge in [0.1, 0.15) is 5.82 Å². The van der Waals surface area contributed by atoms with E-state index < -0.39 is 6.10 Å². The third-order valence-corrected chi connectivity index (χ3v) is 3.63. The summed E-state index contributed by atoms with van der Waals surface area (Å²) in [4.78, 5) is 12.1. The first-order chi connectivity index (χ1) is 12.1. The van der Waals surface area contributed by atoms with Gasteiger partial charge in [0.2, 0.25) is 5.88 Å². The standard InChI is InChI=1S/C19H18FN3O2/c1-14(19(24)21-13-15-7-9-16(20)10-8-15)25-18-11-12-23(22-18)17-5-3-2-4-6-17/h2-12,14H,13H2,1H3,(H,21,24). The van der Waals surface area contributed by atoms with Gasteiger partial charge in [-0.3, -0.25) is 4.79 Å². The molecule has 1 amide bonds. The molecule has 128 valence electrons. The van der Waals surface area contributed by atoms with E-state index in [1.54, 1.807) is 36.0 Å². The zero-order valence-corrected chi connectivity index (χ0v) is 13.7. The van der Waals surface area contributed by atoms with Crippen molar-refractivity contribution in [2.45, 2.75) is 19.6 Å². The summed E-state index contributed by atoms with van der Waals surface area (Å²) in [6, 6.07) is 17.3. The summed E-state index contributed by atoms with van der Waals surface area (Å²) in [6.07, 6.45) is 1.08. The second-order valence-electron chi connectivity index (χ2n) is 5.54. The minimum absolute atomic E-state index is 0.265. The lowest BCUT2D eigenvalue weighted by Crippen LogP contribution is -2.36. The van der Waals surface area contributed by atoms with Crippen molar-refractivity contribution >= 4 is 5.91 Å². The summed E-state index contributed by atoms with van der Waals surface area (Å²) in [5.41, 5.74) is 1.72. The van der Waals surface area contributed by atoms with E-state index in [1.165, 1.54) is 12.1 Å². The Labute approximate surface area is 145 Å². The molecule has 0 saturated carbocycles. The zero-order chi connectivity index (χ0) is 17.6. The Morgan fingerprint density at radius 2 is 1.88 bits per heavy atom. The van der Waals surface area contributed by atoms with Crippen LogP contribution in [0.5, 0.6) is 5.88 Å². The molecule has 25 heavy (non-hydrogen) atoms. The van der Waals surface area contributed by atoms with Gasteiger partial charge in [-0.15, -0.1) is 5.10 Å². The van der Waals surface area contributed by atoms with Crippen LogP contribution in [0.4, 0.5) is 4.39 Å². The van der Waals surface area contributed by atoms with E-state index in [-0.39, 0.29) is 11.7 Å². The van der Waals surface area contributed by atoms with Gasteiger partial charge in [-0.05, 0) is 36.8 Å². The van der Waals surface area contributed by atoms with Crippen LogP contribution >= 0.6 is 0 Å². The Balaban J connectivity index is 1.54.